The summed E-state index contributed by atoms with van der Waals surface area (Å²) in [7, 11) is 3.34. The lowest BCUT2D eigenvalue weighted by Gasteiger charge is -2.33. The van der Waals surface area contributed by atoms with Crippen molar-refractivity contribution < 1.29 is 19.3 Å². The van der Waals surface area contributed by atoms with Crippen molar-refractivity contribution in [1.82, 2.24) is 0 Å². The number of aliphatic hydroxyl groups is 1. The van der Waals surface area contributed by atoms with E-state index in [1.54, 1.807) is 14.2 Å². The third-order valence-electron chi connectivity index (χ3n) is 4.25. The van der Waals surface area contributed by atoms with Crippen LogP contribution in [0.3, 0.4) is 0 Å². The predicted octanol–water partition coefficient (Wildman–Crippen LogP) is 0.372. The third kappa shape index (κ3) is 0.959. The number of aliphatic hydroxyl groups excluding tert-OH is 1. The molecule has 0 amide bonds. The van der Waals surface area contributed by atoms with Crippen LogP contribution in [0.1, 0.15) is 0 Å². The lowest BCUT2D eigenvalue weighted by molar-refractivity contribution is -0.244. The molecule has 4 nitrogen and oxygen atoms in total. The molecule has 2 bridgehead atoms. The van der Waals surface area contributed by atoms with Gasteiger partial charge in [-0.2, -0.15) is 0 Å². The highest BCUT2D eigenvalue weighted by atomic mass is 16.7. The number of fused-ring (bicyclic) bond motifs is 5. The Kier molecular flexibility index (Phi) is 1.98. The average molecular weight is 212 g/mol. The fraction of sp³-hybridized carbons (Fsp3) is 0.818. The van der Waals surface area contributed by atoms with Gasteiger partial charge in [-0.3, -0.25) is 0 Å². The quantitative estimate of drug-likeness (QED) is 0.531. The second-order valence-corrected chi connectivity index (χ2v) is 4.53. The van der Waals surface area contributed by atoms with Gasteiger partial charge in [-0.1, -0.05) is 12.2 Å². The monoisotopic (exact) mass is 212 g/mol. The molecule has 5 atom stereocenters. The van der Waals surface area contributed by atoms with Gasteiger partial charge in [0.1, 0.15) is 0 Å². The maximum Gasteiger partial charge on any atom is 0.180 e. The molecule has 84 valence electrons. The first-order chi connectivity index (χ1) is 7.24. The van der Waals surface area contributed by atoms with Gasteiger partial charge in [-0.25, -0.2) is 0 Å². The SMILES string of the molecule is COC1(OC)[C@@H]2C=C[C@H]1[C@H]1C(O)OC[C@H]12. The van der Waals surface area contributed by atoms with Crippen LogP contribution >= 0.6 is 0 Å². The third-order valence-corrected chi connectivity index (χ3v) is 4.25. The Morgan fingerprint density at radius 2 is 1.93 bits per heavy atom. The molecule has 1 aliphatic heterocycles. The van der Waals surface area contributed by atoms with E-state index in [4.69, 9.17) is 14.2 Å². The highest BCUT2D eigenvalue weighted by Gasteiger charge is 2.66. The Labute approximate surface area is 88.8 Å². The van der Waals surface area contributed by atoms with E-state index in [0.717, 1.165) is 0 Å². The van der Waals surface area contributed by atoms with Crippen LogP contribution in [0.5, 0.6) is 0 Å². The summed E-state index contributed by atoms with van der Waals surface area (Å²) in [5, 5.41) is 9.78. The van der Waals surface area contributed by atoms with Crippen molar-refractivity contribution in [3.63, 3.8) is 0 Å². The van der Waals surface area contributed by atoms with Crippen molar-refractivity contribution in [2.45, 2.75) is 12.1 Å². The number of hydrogen-bond acceptors (Lipinski definition) is 4. The summed E-state index contributed by atoms with van der Waals surface area (Å²) in [4.78, 5) is 0. The molecular formula is C11H16O4. The summed E-state index contributed by atoms with van der Waals surface area (Å²) in [6.45, 7) is 0.603. The average Bonchev–Trinajstić information content (AvgIpc) is 2.87. The predicted molar refractivity (Wildman–Crippen MR) is 51.8 cm³/mol. The van der Waals surface area contributed by atoms with Crippen LogP contribution in [0.15, 0.2) is 12.2 Å². The highest BCUT2D eigenvalue weighted by Crippen LogP contribution is 2.59. The first-order valence-corrected chi connectivity index (χ1v) is 5.33. The van der Waals surface area contributed by atoms with E-state index in [9.17, 15) is 5.11 Å². The molecule has 1 heterocycles. The van der Waals surface area contributed by atoms with Crippen molar-refractivity contribution in [1.29, 1.82) is 0 Å². The standard InChI is InChI=1S/C11H16O4/c1-13-11(14-2)7-3-4-8(11)9-6(7)5-15-10(9)12/h3-4,6-10,12H,5H2,1-2H3/t6-,7+,8-,9-,10?/m0/s1. The maximum atomic E-state index is 9.78. The van der Waals surface area contributed by atoms with E-state index in [1.165, 1.54) is 0 Å². The van der Waals surface area contributed by atoms with Crippen LogP contribution in [0, 0.1) is 23.7 Å². The molecule has 0 aromatic carbocycles. The smallest absolute Gasteiger partial charge is 0.180 e. The molecule has 0 aromatic rings. The van der Waals surface area contributed by atoms with E-state index in [0.29, 0.717) is 12.5 Å². The largest absolute Gasteiger partial charge is 0.368 e. The lowest BCUT2D eigenvalue weighted by atomic mass is 9.85. The fourth-order valence-corrected chi connectivity index (χ4v) is 3.63. The highest BCUT2D eigenvalue weighted by molar-refractivity contribution is 5.24. The molecule has 0 spiro atoms. The summed E-state index contributed by atoms with van der Waals surface area (Å²) in [6.07, 6.45) is 3.57. The van der Waals surface area contributed by atoms with Gasteiger partial charge >= 0.3 is 0 Å². The van der Waals surface area contributed by atoms with Crippen molar-refractivity contribution in [2.75, 3.05) is 20.8 Å². The first kappa shape index (κ1) is 9.78. The molecule has 15 heavy (non-hydrogen) atoms. The van der Waals surface area contributed by atoms with Gasteiger partial charge in [0.2, 0.25) is 0 Å². The van der Waals surface area contributed by atoms with Crippen molar-refractivity contribution in [2.24, 2.45) is 23.7 Å². The van der Waals surface area contributed by atoms with E-state index in [1.807, 2.05) is 0 Å². The van der Waals surface area contributed by atoms with Gasteiger partial charge in [-0.15, -0.1) is 0 Å². The molecule has 3 aliphatic rings. The molecule has 1 saturated heterocycles. The minimum absolute atomic E-state index is 0.111. The van der Waals surface area contributed by atoms with Crippen LogP contribution in [-0.2, 0) is 14.2 Å². The van der Waals surface area contributed by atoms with Crippen molar-refractivity contribution >= 4 is 0 Å². The number of ether oxygens (including phenoxy) is 3. The van der Waals surface area contributed by atoms with Gasteiger partial charge in [-0.05, 0) is 0 Å². The Morgan fingerprint density at radius 1 is 1.27 bits per heavy atom. The maximum absolute atomic E-state index is 9.78. The van der Waals surface area contributed by atoms with E-state index < -0.39 is 12.1 Å². The van der Waals surface area contributed by atoms with Gasteiger partial charge < -0.3 is 19.3 Å². The zero-order chi connectivity index (χ0) is 10.6. The zero-order valence-electron chi connectivity index (χ0n) is 8.92. The number of rotatable bonds is 2. The molecule has 2 aliphatic carbocycles. The van der Waals surface area contributed by atoms with E-state index >= 15 is 0 Å². The molecular weight excluding hydrogens is 196 g/mol. The summed E-state index contributed by atoms with van der Waals surface area (Å²) in [6, 6.07) is 0. The zero-order valence-corrected chi connectivity index (χ0v) is 8.92. The molecule has 1 N–H and O–H groups in total. The van der Waals surface area contributed by atoms with Crippen LogP contribution in [0.2, 0.25) is 0 Å². The summed E-state index contributed by atoms with van der Waals surface area (Å²) in [5.41, 5.74) is 0. The Morgan fingerprint density at radius 3 is 2.53 bits per heavy atom. The molecule has 0 aromatic heterocycles. The topological polar surface area (TPSA) is 47.9 Å². The fourth-order valence-electron chi connectivity index (χ4n) is 3.63. The molecule has 3 rings (SSSR count). The van der Waals surface area contributed by atoms with Crippen LogP contribution < -0.4 is 0 Å². The Balaban J connectivity index is 2.00. The molecule has 1 saturated carbocycles. The molecule has 4 heteroatoms. The van der Waals surface area contributed by atoms with E-state index in [2.05, 4.69) is 12.2 Å². The second-order valence-electron chi connectivity index (χ2n) is 4.53. The minimum Gasteiger partial charge on any atom is -0.368 e. The number of methoxy groups -OCH3 is 2. The normalized spacial score (nSPS) is 49.9. The number of hydrogen-bond donors (Lipinski definition) is 1. The summed E-state index contributed by atoms with van der Waals surface area (Å²) < 4.78 is 16.4. The Bertz CT molecular complexity index is 297. The second kappa shape index (κ2) is 3.04. The van der Waals surface area contributed by atoms with E-state index in [-0.39, 0.29) is 17.8 Å². The van der Waals surface area contributed by atoms with Crippen LogP contribution in [0.25, 0.3) is 0 Å². The minimum atomic E-state index is -0.667. The van der Waals surface area contributed by atoms with Gasteiger partial charge in [0.15, 0.2) is 12.1 Å². The van der Waals surface area contributed by atoms with Gasteiger partial charge in [0, 0.05) is 37.9 Å². The van der Waals surface area contributed by atoms with Crippen LogP contribution in [-0.4, -0.2) is 38.0 Å². The molecule has 1 unspecified atom stereocenters. The summed E-state index contributed by atoms with van der Waals surface area (Å²) in [5.74, 6) is 0.203. The van der Waals surface area contributed by atoms with Crippen molar-refractivity contribution in [3.05, 3.63) is 12.2 Å². The Hall–Kier alpha value is -0.420. The van der Waals surface area contributed by atoms with Crippen LogP contribution in [0.4, 0.5) is 0 Å². The van der Waals surface area contributed by atoms with Crippen molar-refractivity contribution in [3.8, 4) is 0 Å². The lowest BCUT2D eigenvalue weighted by Crippen LogP contribution is -2.42. The molecule has 0 radical (unpaired) electrons. The molecule has 2 fully saturated rings. The first-order valence-electron chi connectivity index (χ1n) is 5.33. The van der Waals surface area contributed by atoms with Gasteiger partial charge in [0.05, 0.1) is 6.61 Å². The van der Waals surface area contributed by atoms with Gasteiger partial charge in [0.25, 0.3) is 0 Å². The summed E-state index contributed by atoms with van der Waals surface area (Å²) >= 11 is 0.